The Morgan fingerprint density at radius 2 is 1.80 bits per heavy atom. The molecular formula is C19H17N5O5S. The number of methoxy groups -OCH3 is 1. The number of nitrogens with two attached hydrogens (primary N) is 1. The van der Waals surface area contributed by atoms with E-state index in [1.54, 1.807) is 12.1 Å². The van der Waals surface area contributed by atoms with Crippen LogP contribution in [0.5, 0.6) is 17.2 Å². The molecule has 0 aliphatic rings. The summed E-state index contributed by atoms with van der Waals surface area (Å²) in [5, 5.41) is 35.1. The summed E-state index contributed by atoms with van der Waals surface area (Å²) in [5.74, 6) is -0.626. The number of hydrogen-bond acceptors (Lipinski definition) is 7. The normalized spacial score (nSPS) is 11.5. The molecule has 4 aromatic rings. The standard InChI is InChI=1S/C19H17N5O5S/c1-29-17-9-14(15(25)10-16(17)26)24-18(19(21-23-24)22-30(20,27)28)13-8-4-6-11-5-2-3-7-12(11)13/h2-10,22,25-26H,1H3,(H2,20,27,28). The molecular weight excluding hydrogens is 410 g/mol. The second kappa shape index (κ2) is 7.21. The Labute approximate surface area is 171 Å². The van der Waals surface area contributed by atoms with Crippen molar-refractivity contribution in [1.82, 2.24) is 15.0 Å². The summed E-state index contributed by atoms with van der Waals surface area (Å²) in [6.45, 7) is 0. The number of benzene rings is 3. The summed E-state index contributed by atoms with van der Waals surface area (Å²) in [6.07, 6.45) is 0. The number of nitrogens with zero attached hydrogens (tertiary/aromatic N) is 3. The minimum atomic E-state index is -4.15. The maximum absolute atomic E-state index is 11.7. The Morgan fingerprint density at radius 1 is 1.07 bits per heavy atom. The van der Waals surface area contributed by atoms with Crippen molar-refractivity contribution in [3.05, 3.63) is 54.6 Å². The van der Waals surface area contributed by atoms with Crippen LogP contribution in [-0.4, -0.2) is 40.7 Å². The predicted molar refractivity (Wildman–Crippen MR) is 111 cm³/mol. The molecule has 0 radical (unpaired) electrons. The van der Waals surface area contributed by atoms with E-state index in [2.05, 4.69) is 15.0 Å². The molecule has 1 heterocycles. The number of nitrogens with one attached hydrogen (secondary N) is 1. The van der Waals surface area contributed by atoms with E-state index in [1.807, 2.05) is 30.3 Å². The molecule has 0 saturated heterocycles. The van der Waals surface area contributed by atoms with Gasteiger partial charge in [0.05, 0.1) is 7.11 Å². The summed E-state index contributed by atoms with van der Waals surface area (Å²) < 4.78 is 31.9. The van der Waals surface area contributed by atoms with Crippen LogP contribution in [0.2, 0.25) is 0 Å². The zero-order chi connectivity index (χ0) is 21.5. The fourth-order valence-corrected chi connectivity index (χ4v) is 3.61. The van der Waals surface area contributed by atoms with Crippen LogP contribution in [0.15, 0.2) is 54.6 Å². The van der Waals surface area contributed by atoms with E-state index in [0.717, 1.165) is 16.8 Å². The molecule has 0 amide bonds. The highest BCUT2D eigenvalue weighted by Gasteiger charge is 2.23. The molecule has 11 heteroatoms. The smallest absolute Gasteiger partial charge is 0.297 e. The van der Waals surface area contributed by atoms with Gasteiger partial charge in [0, 0.05) is 17.7 Å². The first-order chi connectivity index (χ1) is 14.3. The molecule has 3 aromatic carbocycles. The van der Waals surface area contributed by atoms with Crippen molar-refractivity contribution in [3.63, 3.8) is 0 Å². The lowest BCUT2D eigenvalue weighted by Gasteiger charge is -2.14. The highest BCUT2D eigenvalue weighted by Crippen LogP contribution is 2.39. The number of rotatable bonds is 5. The van der Waals surface area contributed by atoms with E-state index in [-0.39, 0.29) is 34.4 Å². The van der Waals surface area contributed by atoms with Gasteiger partial charge in [0.25, 0.3) is 10.2 Å². The molecule has 0 fully saturated rings. The third-order valence-electron chi connectivity index (χ3n) is 4.46. The second-order valence-corrected chi connectivity index (χ2v) is 7.68. The van der Waals surface area contributed by atoms with E-state index in [1.165, 1.54) is 17.9 Å². The quantitative estimate of drug-likeness (QED) is 0.380. The topological polar surface area (TPSA) is 153 Å². The number of hydrogen-bond donors (Lipinski definition) is 4. The van der Waals surface area contributed by atoms with Gasteiger partial charge in [-0.1, -0.05) is 47.7 Å². The van der Waals surface area contributed by atoms with Crippen molar-refractivity contribution >= 4 is 26.8 Å². The summed E-state index contributed by atoms with van der Waals surface area (Å²) in [5.41, 5.74) is 0.946. The lowest BCUT2D eigenvalue weighted by atomic mass is 10.0. The number of aromatic hydroxyl groups is 2. The first kappa shape index (κ1) is 19.5. The average molecular weight is 427 g/mol. The average Bonchev–Trinajstić information content (AvgIpc) is 3.09. The molecule has 5 N–H and O–H groups in total. The first-order valence-electron chi connectivity index (χ1n) is 8.63. The van der Waals surface area contributed by atoms with Crippen LogP contribution in [0, 0.1) is 0 Å². The molecule has 30 heavy (non-hydrogen) atoms. The number of aromatic nitrogens is 3. The maximum atomic E-state index is 11.7. The van der Waals surface area contributed by atoms with E-state index in [4.69, 9.17) is 9.88 Å². The Morgan fingerprint density at radius 3 is 2.53 bits per heavy atom. The Hall–Kier alpha value is -3.83. The van der Waals surface area contributed by atoms with Gasteiger partial charge < -0.3 is 14.9 Å². The van der Waals surface area contributed by atoms with E-state index < -0.39 is 10.2 Å². The van der Waals surface area contributed by atoms with Gasteiger partial charge in [0.2, 0.25) is 0 Å². The van der Waals surface area contributed by atoms with Crippen molar-refractivity contribution in [2.45, 2.75) is 0 Å². The zero-order valence-electron chi connectivity index (χ0n) is 15.6. The largest absolute Gasteiger partial charge is 0.506 e. The lowest BCUT2D eigenvalue weighted by Crippen LogP contribution is -2.22. The van der Waals surface area contributed by atoms with Crippen molar-refractivity contribution in [3.8, 4) is 34.2 Å². The SMILES string of the molecule is COc1cc(-n2nnc(NS(N)(=O)=O)c2-c2cccc3ccccc23)c(O)cc1O. The summed E-state index contributed by atoms with van der Waals surface area (Å²) in [6, 6.07) is 15.4. The molecule has 0 unspecified atom stereocenters. The van der Waals surface area contributed by atoms with Crippen LogP contribution >= 0.6 is 0 Å². The van der Waals surface area contributed by atoms with E-state index in [9.17, 15) is 18.6 Å². The number of phenols is 2. The Kier molecular flexibility index (Phi) is 4.68. The molecule has 1 aromatic heterocycles. The predicted octanol–water partition coefficient (Wildman–Crippen LogP) is 2.12. The lowest BCUT2D eigenvalue weighted by molar-refractivity contribution is 0.369. The molecule has 0 bridgehead atoms. The van der Waals surface area contributed by atoms with Gasteiger partial charge in [-0.3, -0.25) is 4.72 Å². The maximum Gasteiger partial charge on any atom is 0.297 e. The molecule has 0 atom stereocenters. The van der Waals surface area contributed by atoms with Gasteiger partial charge in [-0.05, 0) is 10.8 Å². The van der Waals surface area contributed by atoms with Crippen LogP contribution in [-0.2, 0) is 10.2 Å². The monoisotopic (exact) mass is 427 g/mol. The zero-order valence-corrected chi connectivity index (χ0v) is 16.5. The fraction of sp³-hybridized carbons (Fsp3) is 0.0526. The molecule has 0 spiro atoms. The van der Waals surface area contributed by atoms with Crippen molar-refractivity contribution in [1.29, 1.82) is 0 Å². The molecule has 10 nitrogen and oxygen atoms in total. The van der Waals surface area contributed by atoms with E-state index >= 15 is 0 Å². The molecule has 154 valence electrons. The third kappa shape index (κ3) is 3.47. The van der Waals surface area contributed by atoms with Crippen LogP contribution < -0.4 is 14.6 Å². The molecule has 4 rings (SSSR count). The van der Waals surface area contributed by atoms with Crippen molar-refractivity contribution in [2.24, 2.45) is 5.14 Å². The van der Waals surface area contributed by atoms with Crippen LogP contribution in [0.3, 0.4) is 0 Å². The molecule has 0 saturated carbocycles. The van der Waals surface area contributed by atoms with Gasteiger partial charge in [0.15, 0.2) is 17.3 Å². The number of ether oxygens (including phenoxy) is 1. The van der Waals surface area contributed by atoms with Crippen molar-refractivity contribution < 1.29 is 23.4 Å². The Balaban J connectivity index is 2.05. The Bertz CT molecular complexity index is 1360. The minimum absolute atomic E-state index is 0.0862. The third-order valence-corrected chi connectivity index (χ3v) is 4.94. The van der Waals surface area contributed by atoms with Gasteiger partial charge in [-0.15, -0.1) is 5.10 Å². The second-order valence-electron chi connectivity index (χ2n) is 6.39. The summed E-state index contributed by atoms with van der Waals surface area (Å²) in [7, 11) is -2.79. The first-order valence-corrected chi connectivity index (χ1v) is 10.2. The number of phenolic OH excluding ortho intramolecular Hbond substituents is 2. The summed E-state index contributed by atoms with van der Waals surface area (Å²) in [4.78, 5) is 0. The van der Waals surface area contributed by atoms with Crippen molar-refractivity contribution in [2.75, 3.05) is 11.8 Å². The fourth-order valence-electron chi connectivity index (χ4n) is 3.21. The van der Waals surface area contributed by atoms with Crippen LogP contribution in [0.4, 0.5) is 5.82 Å². The van der Waals surface area contributed by atoms with E-state index in [0.29, 0.717) is 5.56 Å². The molecule has 0 aliphatic heterocycles. The van der Waals surface area contributed by atoms with Gasteiger partial charge in [-0.2, -0.15) is 8.42 Å². The van der Waals surface area contributed by atoms with Gasteiger partial charge in [-0.25, -0.2) is 9.82 Å². The van der Waals surface area contributed by atoms with Crippen LogP contribution in [0.1, 0.15) is 0 Å². The number of fused-ring (bicyclic) bond motifs is 1. The van der Waals surface area contributed by atoms with Gasteiger partial charge >= 0.3 is 0 Å². The highest BCUT2D eigenvalue weighted by atomic mass is 32.2. The number of anilines is 1. The highest BCUT2D eigenvalue weighted by molar-refractivity contribution is 7.90. The summed E-state index contributed by atoms with van der Waals surface area (Å²) >= 11 is 0. The minimum Gasteiger partial charge on any atom is -0.506 e. The van der Waals surface area contributed by atoms with Gasteiger partial charge in [0.1, 0.15) is 17.1 Å². The van der Waals surface area contributed by atoms with Crippen LogP contribution in [0.25, 0.3) is 27.7 Å². The molecule has 0 aliphatic carbocycles.